The van der Waals surface area contributed by atoms with Crippen LogP contribution in [0.1, 0.15) is 12.5 Å². The van der Waals surface area contributed by atoms with Gasteiger partial charge in [0, 0.05) is 29.9 Å². The monoisotopic (exact) mass is 324 g/mol. The van der Waals surface area contributed by atoms with Crippen molar-refractivity contribution in [1.82, 2.24) is 15.3 Å². The van der Waals surface area contributed by atoms with Gasteiger partial charge in [-0.15, -0.1) is 0 Å². The van der Waals surface area contributed by atoms with Crippen molar-refractivity contribution in [2.24, 2.45) is 0 Å². The largest absolute Gasteiger partial charge is 0.338 e. The summed E-state index contributed by atoms with van der Waals surface area (Å²) in [5, 5.41) is 7.16. The average molecular weight is 324 g/mol. The maximum Gasteiger partial charge on any atom is 0.320 e. The number of pyridine rings is 2. The van der Waals surface area contributed by atoms with Crippen LogP contribution >= 0.6 is 0 Å². The first-order chi connectivity index (χ1) is 11.6. The van der Waals surface area contributed by atoms with Gasteiger partial charge in [0.25, 0.3) is 0 Å². The highest BCUT2D eigenvalue weighted by molar-refractivity contribution is 5.94. The number of hydrogen-bond acceptors (Lipinski definition) is 3. The summed E-state index contributed by atoms with van der Waals surface area (Å²) >= 11 is 0. The van der Waals surface area contributed by atoms with Crippen LogP contribution in [-0.2, 0) is 0 Å². The maximum absolute atomic E-state index is 14.0. The summed E-state index contributed by atoms with van der Waals surface area (Å²) in [6.45, 7) is 4.32. The van der Waals surface area contributed by atoms with Crippen LogP contribution < -0.4 is 10.6 Å². The van der Waals surface area contributed by atoms with Crippen molar-refractivity contribution in [3.63, 3.8) is 0 Å². The number of amides is 2. The third-order valence-corrected chi connectivity index (χ3v) is 3.71. The standard InChI is InChI=1S/C18H17FN4O/c1-3-21-18(24)23-17-8-13-7-12(6-11(2)15(13)9-22-17)14-4-5-20-10-16(14)19/h4-10H,3H2,1-2H3,(H2,21,22,23,24). The number of aryl methyl sites for hydroxylation is 1. The molecule has 2 aromatic heterocycles. The van der Waals surface area contributed by atoms with Crippen molar-refractivity contribution >= 4 is 22.6 Å². The molecule has 3 aromatic rings. The first-order valence-electron chi connectivity index (χ1n) is 7.63. The molecule has 3 rings (SSSR count). The first-order valence-corrected chi connectivity index (χ1v) is 7.63. The summed E-state index contributed by atoms with van der Waals surface area (Å²) in [4.78, 5) is 19.7. The molecule has 24 heavy (non-hydrogen) atoms. The molecule has 0 atom stereocenters. The zero-order chi connectivity index (χ0) is 17.1. The molecule has 0 spiro atoms. The van der Waals surface area contributed by atoms with Gasteiger partial charge >= 0.3 is 6.03 Å². The number of anilines is 1. The SMILES string of the molecule is CCNC(=O)Nc1cc2cc(-c3ccncc3F)cc(C)c2cn1. The van der Waals surface area contributed by atoms with Crippen molar-refractivity contribution in [3.8, 4) is 11.1 Å². The van der Waals surface area contributed by atoms with Crippen LogP contribution in [0.4, 0.5) is 15.0 Å². The number of rotatable bonds is 3. The Labute approximate surface area is 138 Å². The number of halogens is 1. The molecule has 2 N–H and O–H groups in total. The van der Waals surface area contributed by atoms with E-state index in [4.69, 9.17) is 0 Å². The zero-order valence-corrected chi connectivity index (χ0v) is 13.4. The third kappa shape index (κ3) is 3.17. The number of aromatic nitrogens is 2. The van der Waals surface area contributed by atoms with E-state index in [-0.39, 0.29) is 11.8 Å². The summed E-state index contributed by atoms with van der Waals surface area (Å²) in [6, 6.07) is 6.91. The summed E-state index contributed by atoms with van der Waals surface area (Å²) in [5.41, 5.74) is 2.23. The fourth-order valence-electron chi connectivity index (χ4n) is 2.59. The van der Waals surface area contributed by atoms with Gasteiger partial charge in [-0.25, -0.2) is 14.2 Å². The van der Waals surface area contributed by atoms with Crippen LogP contribution in [0, 0.1) is 12.7 Å². The minimum absolute atomic E-state index is 0.308. The normalized spacial score (nSPS) is 10.6. The lowest BCUT2D eigenvalue weighted by Gasteiger charge is -2.10. The van der Waals surface area contributed by atoms with Crippen LogP contribution in [0.5, 0.6) is 0 Å². The van der Waals surface area contributed by atoms with Crippen LogP contribution in [0.2, 0.25) is 0 Å². The molecule has 2 amide bonds. The van der Waals surface area contributed by atoms with Gasteiger partial charge in [0.15, 0.2) is 0 Å². The quantitative estimate of drug-likeness (QED) is 0.768. The Morgan fingerprint density at radius 3 is 2.83 bits per heavy atom. The summed E-state index contributed by atoms with van der Waals surface area (Å²) < 4.78 is 14.0. The Kier molecular flexibility index (Phi) is 4.37. The second-order valence-electron chi connectivity index (χ2n) is 5.42. The van der Waals surface area contributed by atoms with E-state index in [0.717, 1.165) is 21.9 Å². The topological polar surface area (TPSA) is 66.9 Å². The summed E-state index contributed by atoms with van der Waals surface area (Å²) in [5.74, 6) is 0.0752. The molecule has 0 fully saturated rings. The van der Waals surface area contributed by atoms with Crippen LogP contribution in [-0.4, -0.2) is 22.5 Å². The van der Waals surface area contributed by atoms with E-state index in [1.165, 1.54) is 6.20 Å². The van der Waals surface area contributed by atoms with Gasteiger partial charge in [0.2, 0.25) is 0 Å². The lowest BCUT2D eigenvalue weighted by molar-refractivity contribution is 0.252. The van der Waals surface area contributed by atoms with E-state index < -0.39 is 0 Å². The Balaban J connectivity index is 2.05. The van der Waals surface area contributed by atoms with Gasteiger partial charge < -0.3 is 5.32 Å². The van der Waals surface area contributed by atoms with Crippen molar-refractivity contribution < 1.29 is 9.18 Å². The fourth-order valence-corrected chi connectivity index (χ4v) is 2.59. The fraction of sp³-hybridized carbons (Fsp3) is 0.167. The second-order valence-corrected chi connectivity index (χ2v) is 5.42. The molecule has 6 heteroatoms. The zero-order valence-electron chi connectivity index (χ0n) is 13.4. The van der Waals surface area contributed by atoms with Gasteiger partial charge in [-0.05, 0) is 48.6 Å². The molecule has 0 saturated heterocycles. The Hall–Kier alpha value is -3.02. The predicted molar refractivity (Wildman–Crippen MR) is 92.4 cm³/mol. The number of hydrogen-bond donors (Lipinski definition) is 2. The van der Waals surface area contributed by atoms with Gasteiger partial charge in [-0.1, -0.05) is 6.07 Å². The van der Waals surface area contributed by atoms with E-state index in [1.807, 2.05) is 26.0 Å². The molecule has 0 aliphatic carbocycles. The van der Waals surface area contributed by atoms with E-state index in [1.54, 1.807) is 24.5 Å². The highest BCUT2D eigenvalue weighted by Crippen LogP contribution is 2.29. The number of carbonyl (C=O) groups excluding carboxylic acids is 1. The number of benzene rings is 1. The Morgan fingerprint density at radius 1 is 1.25 bits per heavy atom. The average Bonchev–Trinajstić information content (AvgIpc) is 2.55. The number of urea groups is 1. The molecule has 0 radical (unpaired) electrons. The predicted octanol–water partition coefficient (Wildman–Crippen LogP) is 3.89. The number of carbonyl (C=O) groups is 1. The van der Waals surface area contributed by atoms with Crippen LogP contribution in [0.3, 0.4) is 0 Å². The Morgan fingerprint density at radius 2 is 2.08 bits per heavy atom. The molecule has 5 nitrogen and oxygen atoms in total. The molecule has 0 saturated carbocycles. The number of nitrogens with zero attached hydrogens (tertiary/aromatic N) is 2. The lowest BCUT2D eigenvalue weighted by atomic mass is 9.99. The van der Waals surface area contributed by atoms with Crippen molar-refractivity contribution in [2.75, 3.05) is 11.9 Å². The van der Waals surface area contributed by atoms with Gasteiger partial charge in [-0.3, -0.25) is 10.3 Å². The molecule has 122 valence electrons. The van der Waals surface area contributed by atoms with Crippen molar-refractivity contribution in [2.45, 2.75) is 13.8 Å². The van der Waals surface area contributed by atoms with Gasteiger partial charge in [0.1, 0.15) is 11.6 Å². The minimum atomic E-state index is -0.369. The number of nitrogens with one attached hydrogen (secondary N) is 2. The van der Waals surface area contributed by atoms with Crippen LogP contribution in [0.15, 0.2) is 42.9 Å². The van der Waals surface area contributed by atoms with E-state index in [2.05, 4.69) is 20.6 Å². The van der Waals surface area contributed by atoms with E-state index in [9.17, 15) is 9.18 Å². The number of fused-ring (bicyclic) bond motifs is 1. The van der Waals surface area contributed by atoms with E-state index in [0.29, 0.717) is 17.9 Å². The van der Waals surface area contributed by atoms with Gasteiger partial charge in [0.05, 0.1) is 6.20 Å². The van der Waals surface area contributed by atoms with Crippen LogP contribution in [0.25, 0.3) is 21.9 Å². The maximum atomic E-state index is 14.0. The summed E-state index contributed by atoms with van der Waals surface area (Å²) in [6.07, 6.45) is 4.47. The van der Waals surface area contributed by atoms with E-state index >= 15 is 0 Å². The molecule has 1 aromatic carbocycles. The molecule has 0 unspecified atom stereocenters. The molecular formula is C18H17FN4O. The highest BCUT2D eigenvalue weighted by atomic mass is 19.1. The van der Waals surface area contributed by atoms with Gasteiger partial charge in [-0.2, -0.15) is 0 Å². The molecular weight excluding hydrogens is 307 g/mol. The smallest absolute Gasteiger partial charge is 0.320 e. The second kappa shape index (κ2) is 6.62. The summed E-state index contributed by atoms with van der Waals surface area (Å²) in [7, 11) is 0. The highest BCUT2D eigenvalue weighted by Gasteiger charge is 2.09. The van der Waals surface area contributed by atoms with Crippen molar-refractivity contribution in [3.05, 3.63) is 54.2 Å². The Bertz CT molecular complexity index is 911. The van der Waals surface area contributed by atoms with Crippen molar-refractivity contribution in [1.29, 1.82) is 0 Å². The minimum Gasteiger partial charge on any atom is -0.338 e. The molecule has 2 heterocycles. The third-order valence-electron chi connectivity index (χ3n) is 3.71. The first kappa shape index (κ1) is 15.9. The molecule has 0 aliphatic heterocycles. The molecule has 0 bridgehead atoms. The lowest BCUT2D eigenvalue weighted by Crippen LogP contribution is -2.28. The molecule has 0 aliphatic rings.